The van der Waals surface area contributed by atoms with E-state index in [4.69, 9.17) is 11.6 Å². The minimum absolute atomic E-state index is 0.0956. The van der Waals surface area contributed by atoms with Crippen molar-refractivity contribution in [2.45, 2.75) is 6.04 Å². The van der Waals surface area contributed by atoms with E-state index in [1.807, 2.05) is 59.5 Å². The quantitative estimate of drug-likeness (QED) is 0.630. The van der Waals surface area contributed by atoms with Crippen molar-refractivity contribution in [1.82, 2.24) is 19.8 Å². The Kier molecular flexibility index (Phi) is 5.57. The molecule has 6 nitrogen and oxygen atoms in total. The fourth-order valence-electron chi connectivity index (χ4n) is 4.26. The maximum atomic E-state index is 12.9. The fourth-order valence-corrected chi connectivity index (χ4v) is 4.51. The van der Waals surface area contributed by atoms with E-state index in [-0.39, 0.29) is 5.91 Å². The van der Waals surface area contributed by atoms with Crippen molar-refractivity contribution in [2.75, 3.05) is 44.2 Å². The second-order valence-electron chi connectivity index (χ2n) is 7.99. The summed E-state index contributed by atoms with van der Waals surface area (Å²) in [6.07, 6.45) is 3.57. The molecule has 0 radical (unpaired) electrons. The van der Waals surface area contributed by atoms with E-state index in [2.05, 4.69) is 19.8 Å². The molecule has 3 aromatic rings. The summed E-state index contributed by atoms with van der Waals surface area (Å²) in [7, 11) is 0. The molecular formula is C24H24ClN5O. The van der Waals surface area contributed by atoms with Gasteiger partial charge >= 0.3 is 0 Å². The maximum Gasteiger partial charge on any atom is 0.253 e. The molecule has 0 spiro atoms. The Hall–Kier alpha value is -2.96. The predicted octanol–water partition coefficient (Wildman–Crippen LogP) is 3.44. The number of piperazine rings is 1. The summed E-state index contributed by atoms with van der Waals surface area (Å²) in [5.74, 6) is 0.895. The van der Waals surface area contributed by atoms with Gasteiger partial charge < -0.3 is 9.80 Å². The SMILES string of the molecule is O=C(c1ccc(-c2ccccc2Cl)cc1)N1CC(N2CCN(c3ncccn3)CC2)C1. The number of hydrogen-bond acceptors (Lipinski definition) is 5. The summed E-state index contributed by atoms with van der Waals surface area (Å²) in [5, 5.41) is 0.714. The highest BCUT2D eigenvalue weighted by Gasteiger charge is 2.36. The Bertz CT molecular complexity index is 1050. The molecule has 0 N–H and O–H groups in total. The molecule has 31 heavy (non-hydrogen) atoms. The highest BCUT2D eigenvalue weighted by Crippen LogP contribution is 2.28. The number of amides is 1. The minimum Gasteiger partial charge on any atom is -0.338 e. The minimum atomic E-state index is 0.0956. The van der Waals surface area contributed by atoms with E-state index in [1.54, 1.807) is 12.4 Å². The van der Waals surface area contributed by atoms with Crippen molar-refractivity contribution < 1.29 is 4.79 Å². The van der Waals surface area contributed by atoms with Gasteiger partial charge in [0.1, 0.15) is 0 Å². The first-order valence-corrected chi connectivity index (χ1v) is 11.0. The molecule has 1 amide bonds. The van der Waals surface area contributed by atoms with Gasteiger partial charge in [-0.3, -0.25) is 9.69 Å². The number of rotatable bonds is 4. The standard InChI is InChI=1S/C24H24ClN5O/c25-22-5-2-1-4-21(22)18-6-8-19(9-7-18)23(31)30-16-20(17-30)28-12-14-29(15-13-28)24-26-10-3-11-27-24/h1-11,20H,12-17H2. The molecule has 2 aromatic carbocycles. The van der Waals surface area contributed by atoms with Crippen LogP contribution in [0.4, 0.5) is 5.95 Å². The molecule has 0 saturated carbocycles. The normalized spacial score (nSPS) is 17.5. The Balaban J connectivity index is 1.14. The van der Waals surface area contributed by atoms with Gasteiger partial charge in [-0.2, -0.15) is 0 Å². The van der Waals surface area contributed by atoms with Gasteiger partial charge in [0.05, 0.1) is 0 Å². The van der Waals surface area contributed by atoms with Crippen LogP contribution in [0.15, 0.2) is 67.0 Å². The van der Waals surface area contributed by atoms with E-state index in [9.17, 15) is 4.79 Å². The van der Waals surface area contributed by atoms with Crippen molar-refractivity contribution >= 4 is 23.5 Å². The molecule has 0 unspecified atom stereocenters. The third-order valence-electron chi connectivity index (χ3n) is 6.13. The number of aromatic nitrogens is 2. The summed E-state index contributed by atoms with van der Waals surface area (Å²) in [5.41, 5.74) is 2.72. The molecule has 5 rings (SSSR count). The lowest BCUT2D eigenvalue weighted by molar-refractivity contribution is 0.0246. The first-order valence-electron chi connectivity index (χ1n) is 10.6. The van der Waals surface area contributed by atoms with E-state index in [1.165, 1.54) is 0 Å². The lowest BCUT2D eigenvalue weighted by atomic mass is 10.0. The number of anilines is 1. The second kappa shape index (κ2) is 8.65. The van der Waals surface area contributed by atoms with E-state index < -0.39 is 0 Å². The Morgan fingerprint density at radius 2 is 1.55 bits per heavy atom. The molecule has 0 aliphatic carbocycles. The van der Waals surface area contributed by atoms with Crippen molar-refractivity contribution in [2.24, 2.45) is 0 Å². The van der Waals surface area contributed by atoms with Crippen LogP contribution in [0, 0.1) is 0 Å². The van der Waals surface area contributed by atoms with Crippen molar-refractivity contribution in [3.05, 3.63) is 77.6 Å². The molecule has 1 aromatic heterocycles. The van der Waals surface area contributed by atoms with E-state index in [0.29, 0.717) is 11.1 Å². The summed E-state index contributed by atoms with van der Waals surface area (Å²) in [6, 6.07) is 17.8. The van der Waals surface area contributed by atoms with Gasteiger partial charge in [0.25, 0.3) is 5.91 Å². The Labute approximate surface area is 187 Å². The van der Waals surface area contributed by atoms with Crippen LogP contribution in [0.3, 0.4) is 0 Å². The van der Waals surface area contributed by atoms with Crippen molar-refractivity contribution in [3.8, 4) is 11.1 Å². The van der Waals surface area contributed by atoms with Crippen LogP contribution in [-0.2, 0) is 0 Å². The van der Waals surface area contributed by atoms with Crippen LogP contribution in [0.1, 0.15) is 10.4 Å². The van der Waals surface area contributed by atoms with Crippen LogP contribution in [0.5, 0.6) is 0 Å². The molecule has 3 heterocycles. The zero-order valence-electron chi connectivity index (χ0n) is 17.2. The number of likely N-dealkylation sites (tertiary alicyclic amines) is 1. The number of hydrogen-bond donors (Lipinski definition) is 0. The summed E-state index contributed by atoms with van der Waals surface area (Å²) in [4.78, 5) is 28.2. The first-order chi connectivity index (χ1) is 15.2. The number of halogens is 1. The highest BCUT2D eigenvalue weighted by molar-refractivity contribution is 6.33. The molecule has 2 aliphatic heterocycles. The van der Waals surface area contributed by atoms with Crippen molar-refractivity contribution in [3.63, 3.8) is 0 Å². The van der Waals surface area contributed by atoms with Crippen LogP contribution in [0.2, 0.25) is 5.02 Å². The molecule has 7 heteroatoms. The summed E-state index contributed by atoms with van der Waals surface area (Å²) >= 11 is 6.29. The molecular weight excluding hydrogens is 410 g/mol. The van der Waals surface area contributed by atoms with Crippen LogP contribution < -0.4 is 4.90 Å². The van der Waals surface area contributed by atoms with Gasteiger partial charge in [0, 0.05) is 73.9 Å². The Morgan fingerprint density at radius 1 is 0.871 bits per heavy atom. The average molecular weight is 434 g/mol. The summed E-state index contributed by atoms with van der Waals surface area (Å²) in [6.45, 7) is 5.34. The number of carbonyl (C=O) groups is 1. The first kappa shape index (κ1) is 20.0. The van der Waals surface area contributed by atoms with Gasteiger partial charge in [0.15, 0.2) is 0 Å². The third kappa shape index (κ3) is 4.13. The molecule has 2 fully saturated rings. The smallest absolute Gasteiger partial charge is 0.253 e. The van der Waals surface area contributed by atoms with Gasteiger partial charge in [-0.25, -0.2) is 9.97 Å². The van der Waals surface area contributed by atoms with E-state index >= 15 is 0 Å². The molecule has 0 atom stereocenters. The maximum absolute atomic E-state index is 12.9. The zero-order valence-corrected chi connectivity index (χ0v) is 17.9. The zero-order chi connectivity index (χ0) is 21.2. The lowest BCUT2D eigenvalue weighted by Crippen LogP contribution is -2.64. The number of nitrogens with zero attached hydrogens (tertiary/aromatic N) is 5. The van der Waals surface area contributed by atoms with Gasteiger partial charge in [0.2, 0.25) is 5.95 Å². The van der Waals surface area contributed by atoms with E-state index in [0.717, 1.165) is 61.9 Å². The van der Waals surface area contributed by atoms with Gasteiger partial charge in [-0.15, -0.1) is 0 Å². The molecule has 158 valence electrons. The average Bonchev–Trinajstić information content (AvgIpc) is 2.79. The lowest BCUT2D eigenvalue weighted by Gasteiger charge is -2.48. The second-order valence-corrected chi connectivity index (χ2v) is 8.40. The van der Waals surface area contributed by atoms with Gasteiger partial charge in [-0.05, 0) is 29.8 Å². The molecule has 0 bridgehead atoms. The predicted molar refractivity (Wildman–Crippen MR) is 122 cm³/mol. The highest BCUT2D eigenvalue weighted by atomic mass is 35.5. The third-order valence-corrected chi connectivity index (χ3v) is 6.46. The Morgan fingerprint density at radius 3 is 2.23 bits per heavy atom. The van der Waals surface area contributed by atoms with Crippen LogP contribution >= 0.6 is 11.6 Å². The summed E-state index contributed by atoms with van der Waals surface area (Å²) < 4.78 is 0. The number of carbonyl (C=O) groups excluding carboxylic acids is 1. The van der Waals surface area contributed by atoms with Crippen LogP contribution in [0.25, 0.3) is 11.1 Å². The van der Waals surface area contributed by atoms with Gasteiger partial charge in [-0.1, -0.05) is 41.9 Å². The largest absolute Gasteiger partial charge is 0.338 e. The molecule has 2 aliphatic rings. The molecule has 2 saturated heterocycles. The number of benzene rings is 2. The van der Waals surface area contributed by atoms with Crippen LogP contribution in [-0.4, -0.2) is 71.0 Å². The fraction of sp³-hybridized carbons (Fsp3) is 0.292. The van der Waals surface area contributed by atoms with Crippen molar-refractivity contribution in [1.29, 1.82) is 0 Å². The monoisotopic (exact) mass is 433 g/mol. The topological polar surface area (TPSA) is 52.6 Å².